The first-order valence-corrected chi connectivity index (χ1v) is 7.97. The number of fused-ring (bicyclic) bond motifs is 1. The fourth-order valence-electron chi connectivity index (χ4n) is 2.71. The van der Waals surface area contributed by atoms with Crippen LogP contribution in [0, 0.1) is 0 Å². The highest BCUT2D eigenvalue weighted by atomic mass is 16.5. The third kappa shape index (κ3) is 3.11. The Balaban J connectivity index is 1.76. The van der Waals surface area contributed by atoms with Gasteiger partial charge in [0.1, 0.15) is 5.75 Å². The average Bonchev–Trinajstić information content (AvgIpc) is 3.03. The Hall–Kier alpha value is -2.82. The normalized spacial score (nSPS) is 11.0. The summed E-state index contributed by atoms with van der Waals surface area (Å²) in [7, 11) is 1.62. The van der Waals surface area contributed by atoms with Gasteiger partial charge in [0.2, 0.25) is 0 Å². The van der Waals surface area contributed by atoms with Gasteiger partial charge in [0, 0.05) is 23.7 Å². The summed E-state index contributed by atoms with van der Waals surface area (Å²) < 4.78 is 7.39. The van der Waals surface area contributed by atoms with Gasteiger partial charge in [-0.15, -0.1) is 0 Å². The van der Waals surface area contributed by atoms with E-state index in [0.717, 1.165) is 22.3 Å². The van der Waals surface area contributed by atoms with Gasteiger partial charge in [-0.1, -0.05) is 18.2 Å². The van der Waals surface area contributed by atoms with Crippen LogP contribution in [-0.4, -0.2) is 22.6 Å². The zero-order valence-electron chi connectivity index (χ0n) is 14.1. The number of hydrogen-bond acceptors (Lipinski definition) is 3. The van der Waals surface area contributed by atoms with Crippen LogP contribution in [0.2, 0.25) is 0 Å². The summed E-state index contributed by atoms with van der Waals surface area (Å²) >= 11 is 0. The molecule has 1 amide bonds. The van der Waals surface area contributed by atoms with E-state index >= 15 is 0 Å². The minimum Gasteiger partial charge on any atom is -0.496 e. The van der Waals surface area contributed by atoms with Crippen molar-refractivity contribution in [3.05, 3.63) is 59.9 Å². The predicted molar refractivity (Wildman–Crippen MR) is 94.3 cm³/mol. The number of rotatable bonds is 5. The van der Waals surface area contributed by atoms with Gasteiger partial charge in [-0.05, 0) is 38.1 Å². The van der Waals surface area contributed by atoms with E-state index in [2.05, 4.69) is 28.7 Å². The molecule has 124 valence electrons. The maximum atomic E-state index is 12.4. The second-order valence-corrected chi connectivity index (χ2v) is 5.94. The summed E-state index contributed by atoms with van der Waals surface area (Å²) in [6, 6.07) is 13.6. The number of methoxy groups -OCH3 is 1. The zero-order chi connectivity index (χ0) is 17.1. The Morgan fingerprint density at radius 3 is 2.79 bits per heavy atom. The first kappa shape index (κ1) is 16.1. The lowest BCUT2D eigenvalue weighted by Crippen LogP contribution is -2.23. The number of ether oxygens (including phenoxy) is 1. The maximum absolute atomic E-state index is 12.4. The molecule has 0 fully saturated rings. The standard InChI is InChI=1S/C19H21N3O2/c1-13(2)22-12-21-16-10-14(8-9-17(16)22)19(23)20-11-15-6-4-5-7-18(15)24-3/h4-10,12-13H,11H2,1-3H3,(H,20,23). The van der Waals surface area contributed by atoms with Crippen LogP contribution in [0.5, 0.6) is 5.75 Å². The summed E-state index contributed by atoms with van der Waals surface area (Å²) in [5.41, 5.74) is 3.41. The van der Waals surface area contributed by atoms with E-state index in [9.17, 15) is 4.79 Å². The molecule has 0 bridgehead atoms. The lowest BCUT2D eigenvalue weighted by atomic mass is 10.1. The molecule has 0 saturated heterocycles. The highest BCUT2D eigenvalue weighted by molar-refractivity contribution is 5.97. The monoisotopic (exact) mass is 323 g/mol. The van der Waals surface area contributed by atoms with Gasteiger partial charge in [-0.3, -0.25) is 4.79 Å². The van der Waals surface area contributed by atoms with Crippen LogP contribution < -0.4 is 10.1 Å². The number of nitrogens with one attached hydrogen (secondary N) is 1. The number of para-hydroxylation sites is 1. The number of aromatic nitrogens is 2. The van der Waals surface area contributed by atoms with Crippen molar-refractivity contribution in [2.75, 3.05) is 7.11 Å². The second-order valence-electron chi connectivity index (χ2n) is 5.94. The molecule has 0 aliphatic rings. The van der Waals surface area contributed by atoms with Crippen LogP contribution in [0.25, 0.3) is 11.0 Å². The van der Waals surface area contributed by atoms with Crippen molar-refractivity contribution in [1.29, 1.82) is 0 Å². The summed E-state index contributed by atoms with van der Waals surface area (Å²) in [6.07, 6.45) is 1.81. The molecule has 2 aromatic carbocycles. The number of carbonyl (C=O) groups excluding carboxylic acids is 1. The van der Waals surface area contributed by atoms with Gasteiger partial charge < -0.3 is 14.6 Å². The number of amides is 1. The van der Waals surface area contributed by atoms with Gasteiger partial charge in [-0.2, -0.15) is 0 Å². The second kappa shape index (κ2) is 6.74. The van der Waals surface area contributed by atoms with Crippen LogP contribution in [0.3, 0.4) is 0 Å². The van der Waals surface area contributed by atoms with Crippen LogP contribution >= 0.6 is 0 Å². The fourth-order valence-corrected chi connectivity index (χ4v) is 2.71. The van der Waals surface area contributed by atoms with Crippen molar-refractivity contribution in [2.45, 2.75) is 26.4 Å². The van der Waals surface area contributed by atoms with Gasteiger partial charge in [-0.25, -0.2) is 4.98 Å². The lowest BCUT2D eigenvalue weighted by Gasteiger charge is -2.10. The summed E-state index contributed by atoms with van der Waals surface area (Å²) in [6.45, 7) is 4.63. The Kier molecular flexibility index (Phi) is 4.51. The number of hydrogen-bond donors (Lipinski definition) is 1. The molecule has 0 saturated carbocycles. The third-order valence-corrected chi connectivity index (χ3v) is 4.03. The molecule has 1 aromatic heterocycles. The lowest BCUT2D eigenvalue weighted by molar-refractivity contribution is 0.0951. The van der Waals surface area contributed by atoms with E-state index in [4.69, 9.17) is 4.74 Å². The Labute approximate surface area is 141 Å². The Bertz CT molecular complexity index is 868. The predicted octanol–water partition coefficient (Wildman–Crippen LogP) is 3.56. The van der Waals surface area contributed by atoms with Gasteiger partial charge in [0.05, 0.1) is 24.5 Å². The smallest absolute Gasteiger partial charge is 0.251 e. The fraction of sp³-hybridized carbons (Fsp3) is 0.263. The molecule has 3 rings (SSSR count). The molecule has 0 radical (unpaired) electrons. The minimum absolute atomic E-state index is 0.123. The number of nitrogens with zero attached hydrogens (tertiary/aromatic N) is 2. The van der Waals surface area contributed by atoms with Crippen LogP contribution in [0.1, 0.15) is 35.8 Å². The molecule has 0 aliphatic heterocycles. The number of imidazole rings is 1. The van der Waals surface area contributed by atoms with Crippen molar-refractivity contribution < 1.29 is 9.53 Å². The maximum Gasteiger partial charge on any atom is 0.251 e. The number of carbonyl (C=O) groups is 1. The largest absolute Gasteiger partial charge is 0.496 e. The van der Waals surface area contributed by atoms with Crippen LogP contribution in [-0.2, 0) is 6.54 Å². The molecule has 1 heterocycles. The van der Waals surface area contributed by atoms with Crippen LogP contribution in [0.15, 0.2) is 48.8 Å². The average molecular weight is 323 g/mol. The van der Waals surface area contributed by atoms with Crippen LogP contribution in [0.4, 0.5) is 0 Å². The molecule has 5 heteroatoms. The zero-order valence-corrected chi connectivity index (χ0v) is 14.1. The van der Waals surface area contributed by atoms with Crippen molar-refractivity contribution in [3.63, 3.8) is 0 Å². The van der Waals surface area contributed by atoms with Gasteiger partial charge in [0.15, 0.2) is 0 Å². The highest BCUT2D eigenvalue weighted by Crippen LogP contribution is 2.20. The van der Waals surface area contributed by atoms with Gasteiger partial charge >= 0.3 is 0 Å². The molecule has 0 unspecified atom stereocenters. The van der Waals surface area contributed by atoms with Crippen molar-refractivity contribution in [3.8, 4) is 5.75 Å². The first-order chi connectivity index (χ1) is 11.6. The highest BCUT2D eigenvalue weighted by Gasteiger charge is 2.11. The third-order valence-electron chi connectivity index (χ3n) is 4.03. The first-order valence-electron chi connectivity index (χ1n) is 7.97. The topological polar surface area (TPSA) is 56.1 Å². The van der Waals surface area contributed by atoms with E-state index in [1.165, 1.54) is 0 Å². The Morgan fingerprint density at radius 1 is 1.25 bits per heavy atom. The van der Waals surface area contributed by atoms with E-state index < -0.39 is 0 Å². The number of benzene rings is 2. The molecule has 5 nitrogen and oxygen atoms in total. The van der Waals surface area contributed by atoms with Gasteiger partial charge in [0.25, 0.3) is 5.91 Å². The summed E-state index contributed by atoms with van der Waals surface area (Å²) in [4.78, 5) is 16.8. The van der Waals surface area contributed by atoms with E-state index in [-0.39, 0.29) is 5.91 Å². The molecule has 0 spiro atoms. The van der Waals surface area contributed by atoms with Crippen molar-refractivity contribution in [1.82, 2.24) is 14.9 Å². The van der Waals surface area contributed by atoms with E-state index in [0.29, 0.717) is 18.2 Å². The molecular weight excluding hydrogens is 302 g/mol. The molecule has 1 N–H and O–H groups in total. The molecule has 24 heavy (non-hydrogen) atoms. The van der Waals surface area contributed by atoms with E-state index in [1.54, 1.807) is 7.11 Å². The molecule has 3 aromatic rings. The Morgan fingerprint density at radius 2 is 2.04 bits per heavy atom. The van der Waals surface area contributed by atoms with E-state index in [1.807, 2.05) is 48.8 Å². The molecular formula is C19H21N3O2. The van der Waals surface area contributed by atoms with Crippen molar-refractivity contribution in [2.24, 2.45) is 0 Å². The minimum atomic E-state index is -0.123. The summed E-state index contributed by atoms with van der Waals surface area (Å²) in [5, 5.41) is 2.93. The molecule has 0 aliphatic carbocycles. The summed E-state index contributed by atoms with van der Waals surface area (Å²) in [5.74, 6) is 0.644. The SMILES string of the molecule is COc1ccccc1CNC(=O)c1ccc2c(c1)ncn2C(C)C. The van der Waals surface area contributed by atoms with Crippen molar-refractivity contribution >= 4 is 16.9 Å². The molecule has 0 atom stereocenters. The quantitative estimate of drug-likeness (QED) is 0.781.